The van der Waals surface area contributed by atoms with Gasteiger partial charge >= 0.3 is 0 Å². The SMILES string of the molecule is C#CNOC(C)(CCC1C=CC=C2CN(/C(C=C)=C/C=C/F)C(CCCCC)=NC2=C1)/C(=N/C1=CC=CC=CC1)NCC. The Hall–Kier alpha value is -4.15. The summed E-state index contributed by atoms with van der Waals surface area (Å²) in [5.74, 6) is 1.83. The molecule has 0 spiro atoms. The third kappa shape index (κ3) is 9.97. The highest BCUT2D eigenvalue weighted by atomic mass is 19.1. The minimum atomic E-state index is -0.802. The van der Waals surface area contributed by atoms with Crippen molar-refractivity contribution in [2.24, 2.45) is 15.9 Å². The van der Waals surface area contributed by atoms with Crippen LogP contribution in [0.1, 0.15) is 65.7 Å². The quantitative estimate of drug-likeness (QED) is 0.0392. The number of rotatable bonds is 15. The Morgan fingerprint density at radius 3 is 2.88 bits per heavy atom. The van der Waals surface area contributed by atoms with E-state index >= 15 is 0 Å². The minimum Gasteiger partial charge on any atom is -0.371 e. The Morgan fingerprint density at radius 2 is 2.14 bits per heavy atom. The fourth-order valence-corrected chi connectivity index (χ4v) is 5.12. The number of hydrogen-bond acceptors (Lipinski definition) is 5. The van der Waals surface area contributed by atoms with Gasteiger partial charge in [-0.05, 0) is 68.9 Å². The van der Waals surface area contributed by atoms with Gasteiger partial charge in [-0.2, -0.15) is 0 Å². The smallest absolute Gasteiger partial charge is 0.151 e. The lowest BCUT2D eigenvalue weighted by molar-refractivity contribution is -0.0346. The predicted octanol–water partition coefficient (Wildman–Crippen LogP) is 7.89. The summed E-state index contributed by atoms with van der Waals surface area (Å²) < 4.78 is 12.8. The average molecular weight is 584 g/mol. The topological polar surface area (TPSA) is 61.2 Å². The third-order valence-corrected chi connectivity index (χ3v) is 7.48. The van der Waals surface area contributed by atoms with E-state index < -0.39 is 5.60 Å². The van der Waals surface area contributed by atoms with Crippen LogP contribution in [0.4, 0.5) is 4.39 Å². The lowest BCUT2D eigenvalue weighted by Gasteiger charge is -2.33. The van der Waals surface area contributed by atoms with Crippen molar-refractivity contribution >= 4 is 11.7 Å². The van der Waals surface area contributed by atoms with Crippen molar-refractivity contribution in [2.75, 3.05) is 13.1 Å². The molecule has 43 heavy (non-hydrogen) atoms. The molecule has 0 fully saturated rings. The highest BCUT2D eigenvalue weighted by Gasteiger charge is 2.34. The fourth-order valence-electron chi connectivity index (χ4n) is 5.12. The zero-order valence-electron chi connectivity index (χ0n) is 25.9. The van der Waals surface area contributed by atoms with Crippen molar-refractivity contribution in [1.82, 2.24) is 15.7 Å². The normalized spacial score (nSPS) is 20.2. The molecule has 1 aliphatic heterocycles. The van der Waals surface area contributed by atoms with Crippen LogP contribution in [-0.4, -0.2) is 35.3 Å². The van der Waals surface area contributed by atoms with Gasteiger partial charge in [0.2, 0.25) is 0 Å². The van der Waals surface area contributed by atoms with E-state index in [1.807, 2.05) is 38.2 Å². The van der Waals surface area contributed by atoms with Crippen molar-refractivity contribution < 1.29 is 9.23 Å². The molecule has 2 unspecified atom stereocenters. The van der Waals surface area contributed by atoms with Crippen molar-refractivity contribution in [2.45, 2.75) is 71.3 Å². The van der Waals surface area contributed by atoms with Gasteiger partial charge in [-0.15, -0.1) is 0 Å². The number of fused-ring (bicyclic) bond motifs is 1. The Balaban J connectivity index is 1.90. The molecule has 3 aliphatic rings. The first kappa shape index (κ1) is 33.4. The van der Waals surface area contributed by atoms with E-state index in [0.717, 1.165) is 72.9 Å². The number of hydrogen-bond donors (Lipinski definition) is 2. The molecule has 0 bridgehead atoms. The van der Waals surface area contributed by atoms with Gasteiger partial charge in [0.15, 0.2) is 5.60 Å². The average Bonchev–Trinajstić information content (AvgIpc) is 3.39. The standard InChI is InChI=1S/C36H46FN5O/c1-6-10-13-23-34-41-33-27-29(18-16-19-30(33)28-42(34)32(7-2)22-17-26-37)24-25-36(5,43-39-9-4)35(38-8-3)40-31-20-14-11-12-15-21-31/h4,7,11-12,14-20,22,26-27,29,39H,2,6,8,10,13,21,23-25,28H2,1,3,5H3,(H,38,40)/b26-17+,32-22+. The van der Waals surface area contributed by atoms with Crippen LogP contribution in [0.5, 0.6) is 0 Å². The molecule has 0 saturated carbocycles. The molecule has 2 atom stereocenters. The lowest BCUT2D eigenvalue weighted by Crippen LogP contribution is -2.49. The van der Waals surface area contributed by atoms with E-state index in [4.69, 9.17) is 21.2 Å². The molecule has 3 rings (SSSR count). The van der Waals surface area contributed by atoms with Gasteiger partial charge in [0.25, 0.3) is 0 Å². The van der Waals surface area contributed by atoms with E-state index in [1.165, 1.54) is 6.08 Å². The first-order chi connectivity index (χ1) is 21.0. The second-order valence-corrected chi connectivity index (χ2v) is 10.8. The summed E-state index contributed by atoms with van der Waals surface area (Å²) in [6.45, 7) is 11.6. The van der Waals surface area contributed by atoms with Crippen LogP contribution in [0.25, 0.3) is 0 Å². The van der Waals surface area contributed by atoms with Crippen LogP contribution < -0.4 is 10.8 Å². The molecular weight excluding hydrogens is 537 g/mol. The molecule has 0 amide bonds. The maximum atomic E-state index is 12.8. The summed E-state index contributed by atoms with van der Waals surface area (Å²) in [5.41, 5.74) is 5.69. The van der Waals surface area contributed by atoms with Crippen LogP contribution in [-0.2, 0) is 4.84 Å². The van der Waals surface area contributed by atoms with Crippen LogP contribution >= 0.6 is 0 Å². The van der Waals surface area contributed by atoms with Crippen LogP contribution in [0.15, 0.2) is 118 Å². The molecule has 0 radical (unpaired) electrons. The summed E-state index contributed by atoms with van der Waals surface area (Å²) in [6.07, 6.45) is 36.0. The van der Waals surface area contributed by atoms with Gasteiger partial charge in [-0.25, -0.2) is 19.9 Å². The molecular formula is C36H46FN5O. The maximum absolute atomic E-state index is 12.8. The van der Waals surface area contributed by atoms with Gasteiger partial charge < -0.3 is 10.2 Å². The Labute approximate surface area is 257 Å². The van der Waals surface area contributed by atoms with E-state index in [2.05, 4.69) is 65.6 Å². The molecule has 2 aliphatic carbocycles. The second kappa shape index (κ2) is 17.7. The number of likely N-dealkylation sites (N-methyl/N-ethyl adjacent to an activating group) is 1. The first-order valence-electron chi connectivity index (χ1n) is 15.3. The summed E-state index contributed by atoms with van der Waals surface area (Å²) in [4.78, 5) is 18.3. The fraction of sp³-hybridized carbons (Fsp3) is 0.389. The van der Waals surface area contributed by atoms with Gasteiger partial charge in [-0.3, -0.25) is 4.84 Å². The molecule has 6 nitrogen and oxygen atoms in total. The van der Waals surface area contributed by atoms with Crippen molar-refractivity contribution in [3.05, 3.63) is 108 Å². The Kier molecular flexibility index (Phi) is 13.7. The third-order valence-electron chi connectivity index (χ3n) is 7.48. The molecule has 228 valence electrons. The lowest BCUT2D eigenvalue weighted by atomic mass is 9.91. The van der Waals surface area contributed by atoms with E-state index in [0.29, 0.717) is 25.8 Å². The highest BCUT2D eigenvalue weighted by Crippen LogP contribution is 2.31. The Morgan fingerprint density at radius 1 is 1.28 bits per heavy atom. The molecule has 0 aromatic heterocycles. The van der Waals surface area contributed by atoms with E-state index in [-0.39, 0.29) is 5.92 Å². The molecule has 0 aromatic carbocycles. The number of halogens is 1. The molecule has 7 heteroatoms. The minimum absolute atomic E-state index is 0.124. The molecule has 0 saturated heterocycles. The maximum Gasteiger partial charge on any atom is 0.151 e. The van der Waals surface area contributed by atoms with Crippen LogP contribution in [0, 0.1) is 18.4 Å². The largest absolute Gasteiger partial charge is 0.371 e. The number of allylic oxidation sites excluding steroid dienone is 12. The number of nitrogens with zero attached hydrogens (tertiary/aromatic N) is 3. The van der Waals surface area contributed by atoms with Gasteiger partial charge in [0.05, 0.1) is 18.6 Å². The number of amidine groups is 2. The predicted molar refractivity (Wildman–Crippen MR) is 178 cm³/mol. The summed E-state index contributed by atoms with van der Waals surface area (Å²) >= 11 is 0. The zero-order chi connectivity index (χ0) is 30.9. The van der Waals surface area contributed by atoms with E-state index in [9.17, 15) is 4.39 Å². The summed E-state index contributed by atoms with van der Waals surface area (Å²) in [5, 5.41) is 3.43. The molecule has 0 aromatic rings. The molecule has 1 heterocycles. The first-order valence-corrected chi connectivity index (χ1v) is 15.3. The van der Waals surface area contributed by atoms with Gasteiger partial charge in [-0.1, -0.05) is 81.4 Å². The number of nitrogens with one attached hydrogen (secondary N) is 2. The molecule has 2 N–H and O–H groups in total. The summed E-state index contributed by atoms with van der Waals surface area (Å²) in [6, 6.07) is 2.39. The van der Waals surface area contributed by atoms with Crippen molar-refractivity contribution in [3.8, 4) is 12.5 Å². The van der Waals surface area contributed by atoms with Crippen molar-refractivity contribution in [3.63, 3.8) is 0 Å². The van der Waals surface area contributed by atoms with Crippen molar-refractivity contribution in [1.29, 1.82) is 0 Å². The number of terminal acetylenes is 1. The highest BCUT2D eigenvalue weighted by molar-refractivity contribution is 5.91. The van der Waals surface area contributed by atoms with E-state index in [1.54, 1.807) is 12.2 Å². The number of aliphatic imine (C=N–C) groups is 2. The number of unbranched alkanes of at least 4 members (excludes halogenated alkanes) is 2. The number of hydroxylamine groups is 1. The monoisotopic (exact) mass is 583 g/mol. The van der Waals surface area contributed by atoms with Crippen LogP contribution in [0.2, 0.25) is 0 Å². The van der Waals surface area contributed by atoms with Gasteiger partial charge in [0.1, 0.15) is 11.7 Å². The summed E-state index contributed by atoms with van der Waals surface area (Å²) in [7, 11) is 0. The Bertz CT molecular complexity index is 1320. The van der Waals surface area contributed by atoms with Gasteiger partial charge in [0, 0.05) is 36.8 Å². The van der Waals surface area contributed by atoms with Crippen LogP contribution in [0.3, 0.4) is 0 Å². The zero-order valence-corrected chi connectivity index (χ0v) is 25.9. The second-order valence-electron chi connectivity index (χ2n) is 10.8.